The highest BCUT2D eigenvalue weighted by atomic mass is 16.5. The number of ether oxygens (including phenoxy) is 3. The summed E-state index contributed by atoms with van der Waals surface area (Å²) in [6.07, 6.45) is 2.38. The summed E-state index contributed by atoms with van der Waals surface area (Å²) >= 11 is 0. The third kappa shape index (κ3) is 6.13. The van der Waals surface area contributed by atoms with Crippen molar-refractivity contribution in [2.45, 2.75) is 44.9 Å². The topological polar surface area (TPSA) is 60.0 Å². The second-order valence-corrected chi connectivity index (χ2v) is 7.65. The number of amides is 1. The number of rotatable bonds is 9. The number of benzene rings is 2. The molecule has 1 aliphatic rings. The first-order chi connectivity index (χ1) is 14.6. The molecule has 2 aromatic rings. The van der Waals surface area contributed by atoms with Gasteiger partial charge in [0.2, 0.25) is 0 Å². The standard InChI is InChI=1S/C24H32N2O4/c1-4-21(30-23-8-6-5-7-22(23)28-3)24(27)25-17-18-9-11-19(12-10-18)29-20-13-15-26(2)16-14-20/h5-12,20-21H,4,13-17H2,1-3H3,(H,25,27)/t21-/m0/s1. The summed E-state index contributed by atoms with van der Waals surface area (Å²) in [5.74, 6) is 1.92. The van der Waals surface area contributed by atoms with E-state index in [0.29, 0.717) is 24.5 Å². The van der Waals surface area contributed by atoms with Crippen molar-refractivity contribution in [3.05, 3.63) is 54.1 Å². The summed E-state index contributed by atoms with van der Waals surface area (Å²) in [7, 11) is 3.73. The van der Waals surface area contributed by atoms with Gasteiger partial charge in [-0.1, -0.05) is 31.2 Å². The zero-order valence-electron chi connectivity index (χ0n) is 18.1. The summed E-state index contributed by atoms with van der Waals surface area (Å²) in [5.41, 5.74) is 1.02. The molecular formula is C24H32N2O4. The normalized spacial score (nSPS) is 16.0. The molecule has 1 aliphatic heterocycles. The summed E-state index contributed by atoms with van der Waals surface area (Å²) in [6.45, 7) is 4.52. The van der Waals surface area contributed by atoms with Gasteiger partial charge in [-0.15, -0.1) is 0 Å². The molecule has 1 fully saturated rings. The first-order valence-corrected chi connectivity index (χ1v) is 10.6. The van der Waals surface area contributed by atoms with Gasteiger partial charge in [-0.2, -0.15) is 0 Å². The van der Waals surface area contributed by atoms with Crippen molar-refractivity contribution < 1.29 is 19.0 Å². The summed E-state index contributed by atoms with van der Waals surface area (Å²) in [4.78, 5) is 14.9. The fourth-order valence-corrected chi connectivity index (χ4v) is 3.48. The Bertz CT molecular complexity index is 801. The van der Waals surface area contributed by atoms with Crippen molar-refractivity contribution in [2.24, 2.45) is 0 Å². The highest BCUT2D eigenvalue weighted by Gasteiger charge is 2.20. The van der Waals surface area contributed by atoms with Gasteiger partial charge in [-0.3, -0.25) is 4.79 Å². The van der Waals surface area contributed by atoms with Crippen LogP contribution in [0.15, 0.2) is 48.5 Å². The molecule has 2 aromatic carbocycles. The number of likely N-dealkylation sites (tertiary alicyclic amines) is 1. The van der Waals surface area contributed by atoms with E-state index in [1.54, 1.807) is 13.2 Å². The molecule has 0 saturated carbocycles. The van der Waals surface area contributed by atoms with Crippen molar-refractivity contribution in [1.29, 1.82) is 0 Å². The molecule has 6 nitrogen and oxygen atoms in total. The van der Waals surface area contributed by atoms with Crippen LogP contribution in [0, 0.1) is 0 Å². The molecule has 0 bridgehead atoms. The monoisotopic (exact) mass is 412 g/mol. The first-order valence-electron chi connectivity index (χ1n) is 10.6. The van der Waals surface area contributed by atoms with Crippen LogP contribution in [0.5, 0.6) is 17.2 Å². The number of nitrogens with one attached hydrogen (secondary N) is 1. The minimum absolute atomic E-state index is 0.143. The molecule has 0 spiro atoms. The van der Waals surface area contributed by atoms with Gasteiger partial charge >= 0.3 is 0 Å². The van der Waals surface area contributed by atoms with E-state index in [1.807, 2.05) is 49.4 Å². The van der Waals surface area contributed by atoms with E-state index in [2.05, 4.69) is 17.3 Å². The molecule has 0 unspecified atom stereocenters. The van der Waals surface area contributed by atoms with Gasteiger partial charge in [-0.25, -0.2) is 0 Å². The average Bonchev–Trinajstić information content (AvgIpc) is 2.78. The lowest BCUT2D eigenvalue weighted by Crippen LogP contribution is -2.37. The van der Waals surface area contributed by atoms with Crippen LogP contribution in [-0.4, -0.2) is 50.3 Å². The molecule has 1 amide bonds. The van der Waals surface area contributed by atoms with Gasteiger partial charge in [-0.05, 0) is 56.1 Å². The maximum Gasteiger partial charge on any atom is 0.261 e. The van der Waals surface area contributed by atoms with Crippen molar-refractivity contribution in [1.82, 2.24) is 10.2 Å². The fourth-order valence-electron chi connectivity index (χ4n) is 3.48. The smallest absolute Gasteiger partial charge is 0.261 e. The van der Waals surface area contributed by atoms with Crippen LogP contribution in [0.4, 0.5) is 0 Å². The molecule has 1 atom stereocenters. The van der Waals surface area contributed by atoms with Crippen molar-refractivity contribution in [3.8, 4) is 17.2 Å². The van der Waals surface area contributed by atoms with E-state index in [9.17, 15) is 4.79 Å². The molecule has 30 heavy (non-hydrogen) atoms. The Labute approximate surface area is 179 Å². The van der Waals surface area contributed by atoms with Gasteiger partial charge in [0.1, 0.15) is 11.9 Å². The zero-order valence-corrected chi connectivity index (χ0v) is 18.1. The van der Waals surface area contributed by atoms with Crippen LogP contribution in [0.1, 0.15) is 31.7 Å². The number of piperidine rings is 1. The molecule has 6 heteroatoms. The Morgan fingerprint density at radius 1 is 1.10 bits per heavy atom. The minimum Gasteiger partial charge on any atom is -0.493 e. The predicted octanol–water partition coefficient (Wildman–Crippen LogP) is 3.64. The molecule has 162 valence electrons. The lowest BCUT2D eigenvalue weighted by atomic mass is 10.1. The van der Waals surface area contributed by atoms with Crippen LogP contribution in [-0.2, 0) is 11.3 Å². The molecule has 3 rings (SSSR count). The Hall–Kier alpha value is -2.73. The fraction of sp³-hybridized carbons (Fsp3) is 0.458. The maximum atomic E-state index is 12.6. The van der Waals surface area contributed by atoms with E-state index in [-0.39, 0.29) is 12.0 Å². The van der Waals surface area contributed by atoms with Crippen molar-refractivity contribution in [2.75, 3.05) is 27.2 Å². The van der Waals surface area contributed by atoms with E-state index < -0.39 is 6.10 Å². The number of hydrogen-bond donors (Lipinski definition) is 1. The summed E-state index contributed by atoms with van der Waals surface area (Å²) in [5, 5.41) is 2.96. The van der Waals surface area contributed by atoms with Gasteiger partial charge in [0.15, 0.2) is 17.6 Å². The maximum absolute atomic E-state index is 12.6. The number of carbonyl (C=O) groups is 1. The highest BCUT2D eigenvalue weighted by Crippen LogP contribution is 2.27. The highest BCUT2D eigenvalue weighted by molar-refractivity contribution is 5.81. The Morgan fingerprint density at radius 3 is 2.40 bits per heavy atom. The van der Waals surface area contributed by atoms with Crippen LogP contribution in [0.25, 0.3) is 0 Å². The number of nitrogens with zero attached hydrogens (tertiary/aromatic N) is 1. The van der Waals surface area contributed by atoms with E-state index in [1.165, 1.54) is 0 Å². The average molecular weight is 413 g/mol. The Morgan fingerprint density at radius 2 is 1.77 bits per heavy atom. The lowest BCUT2D eigenvalue weighted by molar-refractivity contribution is -0.128. The van der Waals surface area contributed by atoms with Gasteiger partial charge in [0.05, 0.1) is 7.11 Å². The van der Waals surface area contributed by atoms with Crippen molar-refractivity contribution in [3.63, 3.8) is 0 Å². The molecule has 1 saturated heterocycles. The van der Waals surface area contributed by atoms with E-state index in [0.717, 1.165) is 37.2 Å². The molecule has 0 aromatic heterocycles. The summed E-state index contributed by atoms with van der Waals surface area (Å²) < 4.78 is 17.3. The third-order valence-corrected chi connectivity index (χ3v) is 5.36. The molecule has 0 aliphatic carbocycles. The number of para-hydroxylation sites is 2. The third-order valence-electron chi connectivity index (χ3n) is 5.36. The number of methoxy groups -OCH3 is 1. The van der Waals surface area contributed by atoms with Crippen LogP contribution in [0.3, 0.4) is 0 Å². The van der Waals surface area contributed by atoms with E-state index in [4.69, 9.17) is 14.2 Å². The predicted molar refractivity (Wildman–Crippen MR) is 117 cm³/mol. The zero-order chi connectivity index (χ0) is 21.3. The van der Waals surface area contributed by atoms with Crippen molar-refractivity contribution >= 4 is 5.91 Å². The molecule has 1 N–H and O–H groups in total. The SMILES string of the molecule is CC[C@H](Oc1ccccc1OC)C(=O)NCc1ccc(OC2CCN(C)CC2)cc1. The van der Waals surface area contributed by atoms with Gasteiger partial charge < -0.3 is 24.4 Å². The van der Waals surface area contributed by atoms with E-state index >= 15 is 0 Å². The second kappa shape index (κ2) is 10.9. The first kappa shape index (κ1) is 22.0. The van der Waals surface area contributed by atoms with Crippen LogP contribution in [0.2, 0.25) is 0 Å². The quantitative estimate of drug-likeness (QED) is 0.681. The summed E-state index contributed by atoms with van der Waals surface area (Å²) in [6, 6.07) is 15.3. The van der Waals surface area contributed by atoms with Gasteiger partial charge in [0, 0.05) is 19.6 Å². The Kier molecular flexibility index (Phi) is 7.97. The second-order valence-electron chi connectivity index (χ2n) is 7.65. The largest absolute Gasteiger partial charge is 0.493 e. The molecule has 0 radical (unpaired) electrons. The Balaban J connectivity index is 1.49. The van der Waals surface area contributed by atoms with Gasteiger partial charge in [0.25, 0.3) is 5.91 Å². The number of hydrogen-bond acceptors (Lipinski definition) is 5. The number of carbonyl (C=O) groups excluding carboxylic acids is 1. The molecule has 1 heterocycles. The van der Waals surface area contributed by atoms with Crippen LogP contribution >= 0.6 is 0 Å². The van der Waals surface area contributed by atoms with Crippen LogP contribution < -0.4 is 19.5 Å². The lowest BCUT2D eigenvalue weighted by Gasteiger charge is -2.29. The molecular weight excluding hydrogens is 380 g/mol. The minimum atomic E-state index is -0.576.